The molecule has 0 saturated heterocycles. The predicted molar refractivity (Wildman–Crippen MR) is 73.2 cm³/mol. The number of hydrogen-bond acceptors (Lipinski definition) is 2. The van der Waals surface area contributed by atoms with Gasteiger partial charge < -0.3 is 5.73 Å². The normalized spacial score (nSPS) is 11.1. The molecule has 0 amide bonds. The van der Waals surface area contributed by atoms with Crippen LogP contribution in [0.25, 0.3) is 5.69 Å². The lowest BCUT2D eigenvalue weighted by Gasteiger charge is -2.09. The maximum Gasteiger partial charge on any atom is 0.332 e. The SMILES string of the molecule is CC(C)n1ccn(-c2ccccc2CCN)c1=O. The average molecular weight is 245 g/mol. The first-order valence-corrected chi connectivity index (χ1v) is 6.23. The van der Waals surface area contributed by atoms with E-state index in [0.29, 0.717) is 6.54 Å². The Balaban J connectivity index is 2.52. The van der Waals surface area contributed by atoms with E-state index in [0.717, 1.165) is 17.7 Å². The molecule has 0 radical (unpaired) electrons. The van der Waals surface area contributed by atoms with Gasteiger partial charge in [-0.25, -0.2) is 4.79 Å². The Morgan fingerprint density at radius 3 is 2.56 bits per heavy atom. The summed E-state index contributed by atoms with van der Waals surface area (Å²) < 4.78 is 3.41. The summed E-state index contributed by atoms with van der Waals surface area (Å²) in [6, 6.07) is 8.05. The first-order valence-electron chi connectivity index (χ1n) is 6.23. The summed E-state index contributed by atoms with van der Waals surface area (Å²) >= 11 is 0. The number of rotatable bonds is 4. The summed E-state index contributed by atoms with van der Waals surface area (Å²) in [5, 5.41) is 0. The van der Waals surface area contributed by atoms with Gasteiger partial charge in [0.05, 0.1) is 5.69 Å². The minimum absolute atomic E-state index is 0.00512. The molecule has 0 bridgehead atoms. The lowest BCUT2D eigenvalue weighted by Crippen LogP contribution is -2.25. The molecular weight excluding hydrogens is 226 g/mol. The fraction of sp³-hybridized carbons (Fsp3) is 0.357. The van der Waals surface area contributed by atoms with Crippen LogP contribution < -0.4 is 11.4 Å². The van der Waals surface area contributed by atoms with Crippen LogP contribution in [0.3, 0.4) is 0 Å². The number of nitrogens with two attached hydrogens (primary N) is 1. The minimum atomic E-state index is -0.00512. The average Bonchev–Trinajstić information content (AvgIpc) is 2.72. The Morgan fingerprint density at radius 2 is 1.94 bits per heavy atom. The van der Waals surface area contributed by atoms with Crippen LogP contribution in [0.5, 0.6) is 0 Å². The number of hydrogen-bond donors (Lipinski definition) is 1. The largest absolute Gasteiger partial charge is 0.332 e. The van der Waals surface area contributed by atoms with E-state index in [1.165, 1.54) is 0 Å². The maximum absolute atomic E-state index is 12.3. The van der Waals surface area contributed by atoms with E-state index in [1.54, 1.807) is 9.13 Å². The Morgan fingerprint density at radius 1 is 1.22 bits per heavy atom. The van der Waals surface area contributed by atoms with Gasteiger partial charge >= 0.3 is 5.69 Å². The van der Waals surface area contributed by atoms with Gasteiger partial charge in [0, 0.05) is 18.4 Å². The Kier molecular flexibility index (Phi) is 3.67. The van der Waals surface area contributed by atoms with Crippen LogP contribution >= 0.6 is 0 Å². The molecule has 0 unspecified atom stereocenters. The molecule has 2 N–H and O–H groups in total. The number of nitrogens with zero attached hydrogens (tertiary/aromatic N) is 2. The molecule has 0 aliphatic rings. The number of aromatic nitrogens is 2. The first kappa shape index (κ1) is 12.6. The number of para-hydroxylation sites is 1. The molecule has 18 heavy (non-hydrogen) atoms. The molecule has 2 rings (SSSR count). The van der Waals surface area contributed by atoms with Crippen LogP contribution in [0.1, 0.15) is 25.5 Å². The van der Waals surface area contributed by atoms with Crippen LogP contribution in [-0.4, -0.2) is 15.7 Å². The minimum Gasteiger partial charge on any atom is -0.330 e. The second kappa shape index (κ2) is 5.23. The van der Waals surface area contributed by atoms with Gasteiger partial charge in [-0.1, -0.05) is 18.2 Å². The molecule has 96 valence electrons. The lowest BCUT2D eigenvalue weighted by molar-refractivity contribution is 0.574. The van der Waals surface area contributed by atoms with Crippen molar-refractivity contribution in [3.8, 4) is 5.69 Å². The van der Waals surface area contributed by atoms with Crippen molar-refractivity contribution >= 4 is 0 Å². The highest BCUT2D eigenvalue weighted by Crippen LogP contribution is 2.13. The molecule has 4 nitrogen and oxygen atoms in total. The van der Waals surface area contributed by atoms with Gasteiger partial charge in [-0.05, 0) is 38.4 Å². The van der Waals surface area contributed by atoms with E-state index in [-0.39, 0.29) is 11.7 Å². The Hall–Kier alpha value is -1.81. The third-order valence-corrected chi connectivity index (χ3v) is 3.02. The molecule has 1 aromatic carbocycles. The van der Waals surface area contributed by atoms with Crippen molar-refractivity contribution in [1.82, 2.24) is 9.13 Å². The fourth-order valence-electron chi connectivity index (χ4n) is 2.08. The van der Waals surface area contributed by atoms with Crippen molar-refractivity contribution in [2.24, 2.45) is 5.73 Å². The van der Waals surface area contributed by atoms with E-state index in [1.807, 2.05) is 50.5 Å². The third-order valence-electron chi connectivity index (χ3n) is 3.02. The van der Waals surface area contributed by atoms with Crippen molar-refractivity contribution in [1.29, 1.82) is 0 Å². The van der Waals surface area contributed by atoms with E-state index in [9.17, 15) is 4.79 Å². The Labute approximate surface area is 107 Å². The van der Waals surface area contributed by atoms with Crippen molar-refractivity contribution in [3.63, 3.8) is 0 Å². The highest BCUT2D eigenvalue weighted by atomic mass is 16.1. The standard InChI is InChI=1S/C14H19N3O/c1-11(2)16-9-10-17(14(16)18)13-6-4-3-5-12(13)7-8-15/h3-6,9-11H,7-8,15H2,1-2H3. The second-order valence-electron chi connectivity index (χ2n) is 4.62. The van der Waals surface area contributed by atoms with Crippen molar-refractivity contribution in [2.45, 2.75) is 26.3 Å². The van der Waals surface area contributed by atoms with Gasteiger partial charge in [0.2, 0.25) is 0 Å². The van der Waals surface area contributed by atoms with E-state index >= 15 is 0 Å². The van der Waals surface area contributed by atoms with E-state index in [2.05, 4.69) is 0 Å². The van der Waals surface area contributed by atoms with Crippen molar-refractivity contribution in [3.05, 3.63) is 52.7 Å². The zero-order valence-corrected chi connectivity index (χ0v) is 10.8. The van der Waals surface area contributed by atoms with Crippen molar-refractivity contribution in [2.75, 3.05) is 6.54 Å². The molecule has 1 heterocycles. The predicted octanol–water partition coefficient (Wildman–Crippen LogP) is 1.72. The highest BCUT2D eigenvalue weighted by Gasteiger charge is 2.10. The van der Waals surface area contributed by atoms with Crippen LogP contribution in [0.2, 0.25) is 0 Å². The summed E-state index contributed by atoms with van der Waals surface area (Å²) in [5.74, 6) is 0. The molecule has 0 atom stereocenters. The van der Waals surface area contributed by atoms with Crippen LogP contribution in [0.4, 0.5) is 0 Å². The van der Waals surface area contributed by atoms with Gasteiger partial charge in [-0.3, -0.25) is 9.13 Å². The maximum atomic E-state index is 12.3. The zero-order valence-electron chi connectivity index (χ0n) is 10.8. The summed E-state index contributed by atoms with van der Waals surface area (Å²) in [7, 11) is 0. The van der Waals surface area contributed by atoms with Gasteiger partial charge in [0.25, 0.3) is 0 Å². The molecule has 0 spiro atoms. The summed E-state index contributed by atoms with van der Waals surface area (Å²) in [5.41, 5.74) is 7.63. The lowest BCUT2D eigenvalue weighted by atomic mass is 10.1. The van der Waals surface area contributed by atoms with E-state index in [4.69, 9.17) is 5.73 Å². The molecule has 1 aromatic heterocycles. The molecule has 0 saturated carbocycles. The second-order valence-corrected chi connectivity index (χ2v) is 4.62. The van der Waals surface area contributed by atoms with Crippen LogP contribution in [0, 0.1) is 0 Å². The van der Waals surface area contributed by atoms with Crippen molar-refractivity contribution < 1.29 is 0 Å². The first-order chi connectivity index (χ1) is 8.65. The molecule has 0 aliphatic carbocycles. The molecule has 0 fully saturated rings. The molecular formula is C14H19N3O. The molecule has 0 aliphatic heterocycles. The summed E-state index contributed by atoms with van der Waals surface area (Å²) in [6.45, 7) is 4.58. The fourth-order valence-corrected chi connectivity index (χ4v) is 2.08. The Bertz CT molecular complexity index is 581. The van der Waals surface area contributed by atoms with Gasteiger partial charge in [-0.15, -0.1) is 0 Å². The van der Waals surface area contributed by atoms with Gasteiger partial charge in [0.15, 0.2) is 0 Å². The topological polar surface area (TPSA) is 52.9 Å². The quantitative estimate of drug-likeness (QED) is 0.891. The smallest absolute Gasteiger partial charge is 0.330 e. The van der Waals surface area contributed by atoms with Crippen LogP contribution in [-0.2, 0) is 6.42 Å². The number of imidazole rings is 1. The van der Waals surface area contributed by atoms with E-state index < -0.39 is 0 Å². The zero-order chi connectivity index (χ0) is 13.1. The van der Waals surface area contributed by atoms with Gasteiger partial charge in [0.1, 0.15) is 0 Å². The monoisotopic (exact) mass is 245 g/mol. The third kappa shape index (κ3) is 2.24. The highest BCUT2D eigenvalue weighted by molar-refractivity contribution is 5.41. The number of benzene rings is 1. The molecule has 4 heteroatoms. The summed E-state index contributed by atoms with van der Waals surface area (Å²) in [4.78, 5) is 12.3. The molecule has 2 aromatic rings. The van der Waals surface area contributed by atoms with Gasteiger partial charge in [-0.2, -0.15) is 0 Å². The van der Waals surface area contributed by atoms with Crippen LogP contribution in [0.15, 0.2) is 41.5 Å². The summed E-state index contributed by atoms with van der Waals surface area (Å²) in [6.07, 6.45) is 4.42.